The molecule has 0 aliphatic heterocycles. The summed E-state index contributed by atoms with van der Waals surface area (Å²) < 4.78 is 10.4. The van der Waals surface area contributed by atoms with Crippen molar-refractivity contribution in [3.8, 4) is 52.4 Å². The highest BCUT2D eigenvalue weighted by atomic mass is 16.5. The average molecular weight is 352 g/mol. The molecule has 0 heterocycles. The molecule has 0 saturated heterocycles. The third-order valence-corrected chi connectivity index (χ3v) is 3.49. The second-order valence-electron chi connectivity index (χ2n) is 5.42. The molecule has 5 nitrogen and oxygen atoms in total. The molecule has 0 fully saturated rings. The van der Waals surface area contributed by atoms with Crippen LogP contribution in [0.3, 0.4) is 0 Å². The quantitative estimate of drug-likeness (QED) is 0.447. The molecule has 134 valence electrons. The van der Waals surface area contributed by atoms with Gasteiger partial charge in [0.2, 0.25) is 0 Å². The normalized spacial score (nSPS) is 9.46. The van der Waals surface area contributed by atoms with Crippen LogP contribution in [0.4, 0.5) is 0 Å². The van der Waals surface area contributed by atoms with Gasteiger partial charge in [-0.05, 0) is 30.7 Å². The number of phenolic OH excluding ortho intramolecular Hbond substituents is 3. The zero-order valence-electron chi connectivity index (χ0n) is 14.7. The molecule has 0 aliphatic carbocycles. The van der Waals surface area contributed by atoms with Crippen molar-refractivity contribution in [3.63, 3.8) is 0 Å². The number of phenols is 3. The molecule has 2 aromatic carbocycles. The van der Waals surface area contributed by atoms with Crippen LogP contribution < -0.4 is 9.47 Å². The van der Waals surface area contributed by atoms with Crippen LogP contribution in [0.15, 0.2) is 30.3 Å². The van der Waals surface area contributed by atoms with Crippen LogP contribution >= 0.6 is 0 Å². The number of unbranched alkanes of at least 4 members (excludes halogenated alkanes) is 2. The van der Waals surface area contributed by atoms with E-state index in [9.17, 15) is 15.3 Å². The monoisotopic (exact) mass is 352 g/mol. The van der Waals surface area contributed by atoms with Gasteiger partial charge in [-0.3, -0.25) is 0 Å². The fourth-order valence-electron chi connectivity index (χ4n) is 2.15. The van der Waals surface area contributed by atoms with Crippen LogP contribution in [0, 0.1) is 23.7 Å². The molecule has 3 N–H and O–H groups in total. The highest BCUT2D eigenvalue weighted by Gasteiger charge is 2.06. The molecule has 0 atom stereocenters. The van der Waals surface area contributed by atoms with Crippen LogP contribution in [0.5, 0.6) is 28.7 Å². The second-order valence-corrected chi connectivity index (χ2v) is 5.42. The topological polar surface area (TPSA) is 79.2 Å². The molecule has 2 aromatic rings. The Labute approximate surface area is 152 Å². The lowest BCUT2D eigenvalue weighted by atomic mass is 10.1. The third kappa shape index (κ3) is 5.29. The maximum Gasteiger partial charge on any atom is 0.200 e. The standard InChI is InChI=1S/C21H20O5/c1-25-17-10-15(11-18(14-17)26-2)8-6-4-3-5-7-9-16-12-19(22)21(24)20(23)13-16/h10-14,22-24H,3-5H2,1-2H3. The van der Waals surface area contributed by atoms with E-state index in [0.717, 1.165) is 12.0 Å². The summed E-state index contributed by atoms with van der Waals surface area (Å²) >= 11 is 0. The van der Waals surface area contributed by atoms with Crippen LogP contribution in [0.25, 0.3) is 0 Å². The summed E-state index contributed by atoms with van der Waals surface area (Å²) in [6, 6.07) is 8.09. The lowest BCUT2D eigenvalue weighted by Gasteiger charge is -2.04. The lowest BCUT2D eigenvalue weighted by Crippen LogP contribution is -1.88. The zero-order chi connectivity index (χ0) is 18.9. The van der Waals surface area contributed by atoms with E-state index in [0.29, 0.717) is 29.9 Å². The van der Waals surface area contributed by atoms with Gasteiger partial charge < -0.3 is 24.8 Å². The summed E-state index contributed by atoms with van der Waals surface area (Å²) in [6.07, 6.45) is 2.09. The van der Waals surface area contributed by atoms with Gasteiger partial charge in [0.25, 0.3) is 0 Å². The summed E-state index contributed by atoms with van der Waals surface area (Å²) in [5, 5.41) is 28.1. The van der Waals surface area contributed by atoms with Crippen molar-refractivity contribution in [2.45, 2.75) is 19.3 Å². The van der Waals surface area contributed by atoms with Crippen molar-refractivity contribution in [3.05, 3.63) is 41.5 Å². The molecule has 2 rings (SSSR count). The molecular formula is C21H20O5. The van der Waals surface area contributed by atoms with Crippen molar-refractivity contribution < 1.29 is 24.8 Å². The van der Waals surface area contributed by atoms with Gasteiger partial charge in [0, 0.05) is 30.0 Å². The van der Waals surface area contributed by atoms with Gasteiger partial charge in [-0.1, -0.05) is 23.7 Å². The number of ether oxygens (including phenoxy) is 2. The van der Waals surface area contributed by atoms with Crippen molar-refractivity contribution in [1.29, 1.82) is 0 Å². The Morgan fingerprint density at radius 3 is 1.65 bits per heavy atom. The molecule has 0 radical (unpaired) electrons. The van der Waals surface area contributed by atoms with Gasteiger partial charge in [-0.25, -0.2) is 0 Å². The van der Waals surface area contributed by atoms with Gasteiger partial charge in [0.1, 0.15) is 11.5 Å². The first kappa shape index (κ1) is 18.9. The minimum atomic E-state index is -0.542. The van der Waals surface area contributed by atoms with Crippen LogP contribution in [0.2, 0.25) is 0 Å². The summed E-state index contributed by atoms with van der Waals surface area (Å²) in [5.41, 5.74) is 1.26. The Bertz CT molecular complexity index is 849. The SMILES string of the molecule is COc1cc(C#CCCCC#Cc2cc(O)c(O)c(O)c2)cc(OC)c1. The van der Waals surface area contributed by atoms with Crippen molar-refractivity contribution in [2.24, 2.45) is 0 Å². The molecule has 0 spiro atoms. The highest BCUT2D eigenvalue weighted by Crippen LogP contribution is 2.35. The van der Waals surface area contributed by atoms with E-state index in [1.54, 1.807) is 20.3 Å². The molecule has 26 heavy (non-hydrogen) atoms. The number of benzene rings is 2. The maximum atomic E-state index is 9.42. The molecule has 0 aromatic heterocycles. The Morgan fingerprint density at radius 2 is 1.19 bits per heavy atom. The minimum absolute atomic E-state index is 0.395. The predicted molar refractivity (Wildman–Crippen MR) is 98.6 cm³/mol. The largest absolute Gasteiger partial charge is 0.504 e. The minimum Gasteiger partial charge on any atom is -0.504 e. The summed E-state index contributed by atoms with van der Waals surface area (Å²) in [6.45, 7) is 0. The van der Waals surface area contributed by atoms with E-state index >= 15 is 0 Å². The number of hydrogen-bond donors (Lipinski definition) is 3. The molecule has 0 aliphatic rings. The second kappa shape index (κ2) is 9.15. The number of methoxy groups -OCH3 is 2. The van der Waals surface area contributed by atoms with E-state index in [4.69, 9.17) is 9.47 Å². The van der Waals surface area contributed by atoms with Gasteiger partial charge >= 0.3 is 0 Å². The van der Waals surface area contributed by atoms with Crippen molar-refractivity contribution >= 4 is 0 Å². The first-order valence-electron chi connectivity index (χ1n) is 7.99. The fraction of sp³-hybridized carbons (Fsp3) is 0.238. The smallest absolute Gasteiger partial charge is 0.200 e. The first-order chi connectivity index (χ1) is 12.5. The molecule has 0 amide bonds. The lowest BCUT2D eigenvalue weighted by molar-refractivity contribution is 0.367. The van der Waals surface area contributed by atoms with E-state index in [2.05, 4.69) is 23.7 Å². The van der Waals surface area contributed by atoms with Crippen molar-refractivity contribution in [2.75, 3.05) is 14.2 Å². The number of rotatable bonds is 4. The van der Waals surface area contributed by atoms with Gasteiger partial charge in [-0.15, -0.1) is 0 Å². The number of aromatic hydroxyl groups is 3. The van der Waals surface area contributed by atoms with E-state index in [1.165, 1.54) is 12.1 Å². The Hall–Kier alpha value is -3.44. The predicted octanol–water partition coefficient (Wildman–Crippen LogP) is 3.39. The van der Waals surface area contributed by atoms with Crippen LogP contribution in [0.1, 0.15) is 30.4 Å². The summed E-state index contributed by atoms with van der Waals surface area (Å²) in [7, 11) is 3.19. The Balaban J connectivity index is 1.88. The third-order valence-electron chi connectivity index (χ3n) is 3.49. The molecule has 0 unspecified atom stereocenters. The van der Waals surface area contributed by atoms with Gasteiger partial charge in [0.15, 0.2) is 17.2 Å². The van der Waals surface area contributed by atoms with Crippen LogP contribution in [-0.2, 0) is 0 Å². The maximum absolute atomic E-state index is 9.42. The fourth-order valence-corrected chi connectivity index (χ4v) is 2.15. The average Bonchev–Trinajstić information content (AvgIpc) is 2.64. The van der Waals surface area contributed by atoms with Crippen molar-refractivity contribution in [1.82, 2.24) is 0 Å². The summed E-state index contributed by atoms with van der Waals surface area (Å²) in [5.74, 6) is 12.0. The molecule has 0 saturated carbocycles. The molecule has 5 heteroatoms. The molecular weight excluding hydrogens is 332 g/mol. The first-order valence-corrected chi connectivity index (χ1v) is 7.99. The van der Waals surface area contributed by atoms with Gasteiger partial charge in [-0.2, -0.15) is 0 Å². The highest BCUT2D eigenvalue weighted by molar-refractivity contribution is 5.55. The Kier molecular flexibility index (Phi) is 6.65. The van der Waals surface area contributed by atoms with Gasteiger partial charge in [0.05, 0.1) is 14.2 Å². The summed E-state index contributed by atoms with van der Waals surface area (Å²) in [4.78, 5) is 0. The Morgan fingerprint density at radius 1 is 0.731 bits per heavy atom. The molecule has 0 bridgehead atoms. The number of hydrogen-bond acceptors (Lipinski definition) is 5. The van der Waals surface area contributed by atoms with E-state index in [1.807, 2.05) is 12.1 Å². The van der Waals surface area contributed by atoms with E-state index < -0.39 is 17.2 Å². The van der Waals surface area contributed by atoms with Crippen LogP contribution in [-0.4, -0.2) is 29.5 Å². The van der Waals surface area contributed by atoms with E-state index in [-0.39, 0.29) is 0 Å². The zero-order valence-corrected chi connectivity index (χ0v) is 14.7.